The van der Waals surface area contributed by atoms with Crippen molar-refractivity contribution in [2.24, 2.45) is 0 Å². The van der Waals surface area contributed by atoms with Crippen molar-refractivity contribution in [3.8, 4) is 34.3 Å². The van der Waals surface area contributed by atoms with Gasteiger partial charge in [0.2, 0.25) is 17.6 Å². The van der Waals surface area contributed by atoms with Gasteiger partial charge in [-0.3, -0.25) is 0 Å². The summed E-state index contributed by atoms with van der Waals surface area (Å²) in [5.74, 6) is 2.33. The van der Waals surface area contributed by atoms with Gasteiger partial charge in [-0.15, -0.1) is 10.2 Å². The zero-order valence-corrected chi connectivity index (χ0v) is 16.3. The van der Waals surface area contributed by atoms with E-state index in [1.165, 1.54) is 23.9 Å². The largest absolute Gasteiger partial charge is 0.493 e. The van der Waals surface area contributed by atoms with Crippen molar-refractivity contribution in [2.75, 3.05) is 14.2 Å². The summed E-state index contributed by atoms with van der Waals surface area (Å²) in [5.41, 5.74) is 1.37. The fraction of sp³-hybridized carbons (Fsp3) is 0.158. The molecule has 0 bridgehead atoms. The predicted molar refractivity (Wildman–Crippen MR) is 102 cm³/mol. The van der Waals surface area contributed by atoms with Crippen LogP contribution >= 0.6 is 11.8 Å². The lowest BCUT2D eigenvalue weighted by Crippen LogP contribution is -1.90. The maximum Gasteiger partial charge on any atom is 0.277 e. The van der Waals surface area contributed by atoms with E-state index in [9.17, 15) is 4.39 Å². The molecule has 2 aromatic heterocycles. The number of aromatic nitrogens is 4. The molecule has 0 fully saturated rings. The third-order valence-electron chi connectivity index (χ3n) is 3.93. The van der Waals surface area contributed by atoms with Crippen LogP contribution in [0.1, 0.15) is 5.89 Å². The van der Waals surface area contributed by atoms with E-state index in [2.05, 4.69) is 20.3 Å². The standard InChI is InChI=1S/C19H15FN4O4S/c1-25-14-8-5-12(9-15(14)26-2)18-22-23-19(27-18)29-10-16-21-17(24-28-16)11-3-6-13(20)7-4-11/h3-9H,10H2,1-2H3. The summed E-state index contributed by atoms with van der Waals surface area (Å²) in [6, 6.07) is 11.2. The number of benzene rings is 2. The van der Waals surface area contributed by atoms with Crippen molar-refractivity contribution in [3.05, 3.63) is 54.2 Å². The molecule has 0 amide bonds. The minimum absolute atomic E-state index is 0.324. The van der Waals surface area contributed by atoms with Crippen LogP contribution in [0, 0.1) is 5.82 Å². The minimum atomic E-state index is -0.324. The molecule has 0 saturated heterocycles. The van der Waals surface area contributed by atoms with Crippen LogP contribution in [0.5, 0.6) is 11.5 Å². The molecule has 4 rings (SSSR count). The number of halogens is 1. The third-order valence-corrected chi connectivity index (χ3v) is 4.73. The van der Waals surface area contributed by atoms with Gasteiger partial charge in [-0.1, -0.05) is 16.9 Å². The zero-order valence-electron chi connectivity index (χ0n) is 15.5. The SMILES string of the molecule is COc1ccc(-c2nnc(SCc3nc(-c4ccc(F)cc4)no3)o2)cc1OC. The molecule has 29 heavy (non-hydrogen) atoms. The van der Waals surface area contributed by atoms with E-state index in [0.29, 0.717) is 51.2 Å². The molecule has 0 aliphatic heterocycles. The van der Waals surface area contributed by atoms with E-state index in [1.807, 2.05) is 0 Å². The molecule has 2 heterocycles. The molecule has 8 nitrogen and oxygen atoms in total. The Hall–Kier alpha value is -3.40. The Morgan fingerprint density at radius 3 is 2.48 bits per heavy atom. The Labute approximate surface area is 169 Å². The Morgan fingerprint density at radius 1 is 0.966 bits per heavy atom. The number of hydrogen-bond acceptors (Lipinski definition) is 9. The third kappa shape index (κ3) is 4.21. The van der Waals surface area contributed by atoms with Crippen molar-refractivity contribution in [1.82, 2.24) is 20.3 Å². The molecule has 4 aromatic rings. The Kier molecular flexibility index (Phi) is 5.43. The predicted octanol–water partition coefficient (Wildman–Crippen LogP) is 4.24. The van der Waals surface area contributed by atoms with Gasteiger partial charge < -0.3 is 18.4 Å². The van der Waals surface area contributed by atoms with Crippen LogP contribution in [0.2, 0.25) is 0 Å². The molecule has 0 unspecified atom stereocenters. The van der Waals surface area contributed by atoms with Crippen molar-refractivity contribution >= 4 is 11.8 Å². The van der Waals surface area contributed by atoms with E-state index in [4.69, 9.17) is 18.4 Å². The van der Waals surface area contributed by atoms with Gasteiger partial charge in [0, 0.05) is 11.1 Å². The number of methoxy groups -OCH3 is 2. The van der Waals surface area contributed by atoms with Gasteiger partial charge in [-0.05, 0) is 42.5 Å². The van der Waals surface area contributed by atoms with Crippen LogP contribution in [0.4, 0.5) is 4.39 Å². The lowest BCUT2D eigenvalue weighted by atomic mass is 10.2. The highest BCUT2D eigenvalue weighted by Gasteiger charge is 2.15. The number of rotatable bonds is 7. The maximum atomic E-state index is 13.0. The average Bonchev–Trinajstić information content (AvgIpc) is 3.42. The van der Waals surface area contributed by atoms with Gasteiger partial charge in [0.05, 0.1) is 20.0 Å². The molecule has 0 spiro atoms. The minimum Gasteiger partial charge on any atom is -0.493 e. The Bertz CT molecular complexity index is 1110. The zero-order chi connectivity index (χ0) is 20.2. The molecule has 2 aromatic carbocycles. The summed E-state index contributed by atoms with van der Waals surface area (Å²) in [6.45, 7) is 0. The molecule has 0 radical (unpaired) electrons. The van der Waals surface area contributed by atoms with Gasteiger partial charge >= 0.3 is 0 Å². The van der Waals surface area contributed by atoms with Crippen LogP contribution in [-0.2, 0) is 5.75 Å². The van der Waals surface area contributed by atoms with E-state index in [1.54, 1.807) is 44.6 Å². The Morgan fingerprint density at radius 2 is 1.72 bits per heavy atom. The van der Waals surface area contributed by atoms with E-state index < -0.39 is 0 Å². The second kappa shape index (κ2) is 8.31. The second-order valence-corrected chi connectivity index (χ2v) is 6.68. The molecule has 0 N–H and O–H groups in total. The van der Waals surface area contributed by atoms with Crippen LogP contribution in [0.15, 0.2) is 56.6 Å². The quantitative estimate of drug-likeness (QED) is 0.411. The topological polar surface area (TPSA) is 96.3 Å². The summed E-state index contributed by atoms with van der Waals surface area (Å²) in [4.78, 5) is 4.29. The highest BCUT2D eigenvalue weighted by molar-refractivity contribution is 7.98. The molecule has 0 aliphatic carbocycles. The lowest BCUT2D eigenvalue weighted by molar-refractivity contribution is 0.355. The van der Waals surface area contributed by atoms with Gasteiger partial charge in [-0.2, -0.15) is 4.98 Å². The fourth-order valence-electron chi connectivity index (χ4n) is 2.51. The van der Waals surface area contributed by atoms with Crippen LogP contribution in [0.3, 0.4) is 0 Å². The normalized spacial score (nSPS) is 10.9. The van der Waals surface area contributed by atoms with Crippen molar-refractivity contribution < 1.29 is 22.8 Å². The van der Waals surface area contributed by atoms with E-state index >= 15 is 0 Å². The molecule has 0 aliphatic rings. The first-order valence-electron chi connectivity index (χ1n) is 8.43. The van der Waals surface area contributed by atoms with Crippen molar-refractivity contribution in [1.29, 1.82) is 0 Å². The number of thioether (sulfide) groups is 1. The smallest absolute Gasteiger partial charge is 0.277 e. The number of hydrogen-bond donors (Lipinski definition) is 0. The summed E-state index contributed by atoms with van der Waals surface area (Å²) < 4.78 is 34.4. The fourth-order valence-corrected chi connectivity index (χ4v) is 3.11. The molecule has 0 saturated carbocycles. The summed E-state index contributed by atoms with van der Waals surface area (Å²) >= 11 is 1.27. The monoisotopic (exact) mass is 414 g/mol. The van der Waals surface area contributed by atoms with Crippen LogP contribution < -0.4 is 9.47 Å². The summed E-state index contributed by atoms with van der Waals surface area (Å²) in [6.07, 6.45) is 0. The first-order valence-corrected chi connectivity index (χ1v) is 9.42. The average molecular weight is 414 g/mol. The first-order chi connectivity index (χ1) is 14.2. The lowest BCUT2D eigenvalue weighted by Gasteiger charge is -2.07. The molecule has 148 valence electrons. The summed E-state index contributed by atoms with van der Waals surface area (Å²) in [5, 5.41) is 12.3. The molecule has 0 atom stereocenters. The molecular weight excluding hydrogens is 399 g/mol. The van der Waals surface area contributed by atoms with E-state index in [0.717, 1.165) is 0 Å². The maximum absolute atomic E-state index is 13.0. The highest BCUT2D eigenvalue weighted by Crippen LogP contribution is 2.33. The number of nitrogens with zero attached hydrogens (tertiary/aromatic N) is 4. The molecule has 10 heteroatoms. The van der Waals surface area contributed by atoms with Gasteiger partial charge in [-0.25, -0.2) is 4.39 Å². The number of ether oxygens (including phenoxy) is 2. The van der Waals surface area contributed by atoms with Gasteiger partial charge in [0.25, 0.3) is 5.22 Å². The van der Waals surface area contributed by atoms with Crippen molar-refractivity contribution in [3.63, 3.8) is 0 Å². The van der Waals surface area contributed by atoms with Crippen LogP contribution in [0.25, 0.3) is 22.8 Å². The molecular formula is C19H15FN4O4S. The van der Waals surface area contributed by atoms with Gasteiger partial charge in [0.1, 0.15) is 5.82 Å². The first kappa shape index (κ1) is 18.9. The van der Waals surface area contributed by atoms with Crippen molar-refractivity contribution in [2.45, 2.75) is 11.0 Å². The van der Waals surface area contributed by atoms with Gasteiger partial charge in [0.15, 0.2) is 11.5 Å². The van der Waals surface area contributed by atoms with E-state index in [-0.39, 0.29) is 5.82 Å². The highest BCUT2D eigenvalue weighted by atomic mass is 32.2. The second-order valence-electron chi connectivity index (χ2n) is 5.75. The summed E-state index contributed by atoms with van der Waals surface area (Å²) in [7, 11) is 3.12. The van der Waals surface area contributed by atoms with Crippen LogP contribution in [-0.4, -0.2) is 34.6 Å². The Balaban J connectivity index is 1.43.